The lowest BCUT2D eigenvalue weighted by Crippen LogP contribution is -2.49. The third-order valence-electron chi connectivity index (χ3n) is 4.13. The first-order chi connectivity index (χ1) is 10.7. The second-order valence-corrected chi connectivity index (χ2v) is 5.70. The molecule has 1 aromatic carbocycles. The molecular formula is C17H24N2O3. The Kier molecular flexibility index (Phi) is 5.95. The first-order valence-corrected chi connectivity index (χ1v) is 7.90. The van der Waals surface area contributed by atoms with Gasteiger partial charge in [-0.05, 0) is 24.8 Å². The van der Waals surface area contributed by atoms with Crippen molar-refractivity contribution in [3.8, 4) is 0 Å². The third kappa shape index (κ3) is 4.07. The highest BCUT2D eigenvalue weighted by Crippen LogP contribution is 2.19. The van der Waals surface area contributed by atoms with E-state index in [9.17, 15) is 14.7 Å². The maximum absolute atomic E-state index is 12.5. The normalized spacial score (nSPS) is 19.0. The minimum absolute atomic E-state index is 0.0131. The van der Waals surface area contributed by atoms with Crippen LogP contribution in [0.15, 0.2) is 30.3 Å². The highest BCUT2D eigenvalue weighted by Gasteiger charge is 2.34. The second kappa shape index (κ2) is 7.94. The largest absolute Gasteiger partial charge is 0.394 e. The molecule has 2 N–H and O–H groups in total. The molecule has 0 spiro atoms. The zero-order valence-corrected chi connectivity index (χ0v) is 13.0. The Bertz CT molecular complexity index is 500. The Balaban J connectivity index is 1.97. The van der Waals surface area contributed by atoms with Crippen molar-refractivity contribution < 1.29 is 14.7 Å². The van der Waals surface area contributed by atoms with Gasteiger partial charge in [-0.1, -0.05) is 37.3 Å². The van der Waals surface area contributed by atoms with Crippen LogP contribution in [0.2, 0.25) is 0 Å². The zero-order chi connectivity index (χ0) is 15.9. The van der Waals surface area contributed by atoms with Crippen LogP contribution in [0.1, 0.15) is 31.7 Å². The summed E-state index contributed by atoms with van der Waals surface area (Å²) in [5.41, 5.74) is 0.959. The minimum atomic E-state index is -0.406. The Morgan fingerprint density at radius 2 is 2.09 bits per heavy atom. The van der Waals surface area contributed by atoms with Crippen molar-refractivity contribution in [3.63, 3.8) is 0 Å². The molecule has 22 heavy (non-hydrogen) atoms. The number of likely N-dealkylation sites (tertiary alicyclic amines) is 1. The lowest BCUT2D eigenvalue weighted by molar-refractivity contribution is -0.138. The van der Waals surface area contributed by atoms with Crippen molar-refractivity contribution in [2.24, 2.45) is 0 Å². The fraction of sp³-hybridized carbons (Fsp3) is 0.529. The summed E-state index contributed by atoms with van der Waals surface area (Å²) in [7, 11) is 0. The second-order valence-electron chi connectivity index (χ2n) is 5.70. The quantitative estimate of drug-likeness (QED) is 0.827. The van der Waals surface area contributed by atoms with E-state index < -0.39 is 6.04 Å². The number of nitrogens with one attached hydrogen (secondary N) is 1. The van der Waals surface area contributed by atoms with Gasteiger partial charge in [0.15, 0.2) is 0 Å². The van der Waals surface area contributed by atoms with Gasteiger partial charge in [-0.25, -0.2) is 0 Å². The lowest BCUT2D eigenvalue weighted by Gasteiger charge is -2.26. The summed E-state index contributed by atoms with van der Waals surface area (Å²) in [4.78, 5) is 26.4. The van der Waals surface area contributed by atoms with E-state index in [2.05, 4.69) is 5.32 Å². The van der Waals surface area contributed by atoms with E-state index in [1.807, 2.05) is 37.3 Å². The van der Waals surface area contributed by atoms with Gasteiger partial charge in [-0.15, -0.1) is 0 Å². The van der Waals surface area contributed by atoms with Gasteiger partial charge in [0.2, 0.25) is 11.8 Å². The van der Waals surface area contributed by atoms with Gasteiger partial charge in [0.25, 0.3) is 0 Å². The van der Waals surface area contributed by atoms with E-state index in [0.717, 1.165) is 12.0 Å². The number of aliphatic hydroxyl groups is 1. The number of hydrogen-bond donors (Lipinski definition) is 2. The standard InChI is InChI=1S/C17H24N2O3/c1-2-14(12-20)18-17(22)15-9-6-10-19(15)16(21)11-13-7-4-3-5-8-13/h3-5,7-8,14-15,20H,2,6,9-12H2,1H3,(H,18,22). The van der Waals surface area contributed by atoms with Crippen LogP contribution in [0, 0.1) is 0 Å². The van der Waals surface area contributed by atoms with Crippen molar-refractivity contribution in [2.75, 3.05) is 13.2 Å². The van der Waals surface area contributed by atoms with Crippen LogP contribution in [0.3, 0.4) is 0 Å². The van der Waals surface area contributed by atoms with Crippen LogP contribution in [-0.4, -0.2) is 47.1 Å². The summed E-state index contributed by atoms with van der Waals surface area (Å²) >= 11 is 0. The molecule has 1 heterocycles. The fourth-order valence-corrected chi connectivity index (χ4v) is 2.78. The highest BCUT2D eigenvalue weighted by molar-refractivity contribution is 5.89. The van der Waals surface area contributed by atoms with Crippen LogP contribution in [0.4, 0.5) is 0 Å². The maximum atomic E-state index is 12.5. The monoisotopic (exact) mass is 304 g/mol. The molecule has 1 fully saturated rings. The zero-order valence-electron chi connectivity index (χ0n) is 13.0. The average Bonchev–Trinajstić information content (AvgIpc) is 3.03. The Morgan fingerprint density at radius 1 is 1.36 bits per heavy atom. The molecule has 0 aliphatic carbocycles. The molecule has 2 unspecified atom stereocenters. The van der Waals surface area contributed by atoms with Crippen molar-refractivity contribution >= 4 is 11.8 Å². The molecule has 0 aromatic heterocycles. The molecule has 5 nitrogen and oxygen atoms in total. The number of carbonyl (C=O) groups excluding carboxylic acids is 2. The molecule has 120 valence electrons. The summed E-state index contributed by atoms with van der Waals surface area (Å²) in [6, 6.07) is 8.92. The number of aliphatic hydroxyl groups excluding tert-OH is 1. The highest BCUT2D eigenvalue weighted by atomic mass is 16.3. The molecule has 2 rings (SSSR count). The van der Waals surface area contributed by atoms with Gasteiger partial charge >= 0.3 is 0 Å². The molecule has 1 aliphatic heterocycles. The van der Waals surface area contributed by atoms with Crippen molar-refractivity contribution in [2.45, 2.75) is 44.7 Å². The van der Waals surface area contributed by atoms with E-state index in [1.54, 1.807) is 4.90 Å². The molecule has 2 amide bonds. The number of rotatable bonds is 6. The van der Waals surface area contributed by atoms with Crippen LogP contribution in [0.5, 0.6) is 0 Å². The van der Waals surface area contributed by atoms with Gasteiger partial charge < -0.3 is 15.3 Å². The lowest BCUT2D eigenvalue weighted by atomic mass is 10.1. The molecule has 1 aliphatic rings. The van der Waals surface area contributed by atoms with Crippen LogP contribution >= 0.6 is 0 Å². The van der Waals surface area contributed by atoms with Gasteiger partial charge in [0, 0.05) is 6.54 Å². The van der Waals surface area contributed by atoms with Gasteiger partial charge in [0.05, 0.1) is 19.1 Å². The predicted octanol–water partition coefficient (Wildman–Crippen LogP) is 1.11. The van der Waals surface area contributed by atoms with Crippen LogP contribution in [-0.2, 0) is 16.0 Å². The van der Waals surface area contributed by atoms with E-state index in [0.29, 0.717) is 25.8 Å². The molecular weight excluding hydrogens is 280 g/mol. The summed E-state index contributed by atoms with van der Waals surface area (Å²) in [6.45, 7) is 2.46. The Labute approximate surface area is 131 Å². The minimum Gasteiger partial charge on any atom is -0.394 e. The number of hydrogen-bond acceptors (Lipinski definition) is 3. The number of carbonyl (C=O) groups is 2. The molecule has 1 saturated heterocycles. The summed E-state index contributed by atoms with van der Waals surface area (Å²) in [5.74, 6) is -0.166. The first-order valence-electron chi connectivity index (χ1n) is 7.90. The topological polar surface area (TPSA) is 69.6 Å². The smallest absolute Gasteiger partial charge is 0.243 e. The van der Waals surface area contributed by atoms with E-state index in [1.165, 1.54) is 0 Å². The number of benzene rings is 1. The van der Waals surface area contributed by atoms with Crippen LogP contribution < -0.4 is 5.32 Å². The predicted molar refractivity (Wildman–Crippen MR) is 84.2 cm³/mol. The van der Waals surface area contributed by atoms with Crippen molar-refractivity contribution in [1.82, 2.24) is 10.2 Å². The van der Waals surface area contributed by atoms with Crippen molar-refractivity contribution in [1.29, 1.82) is 0 Å². The first kappa shape index (κ1) is 16.5. The van der Waals surface area contributed by atoms with Crippen LogP contribution in [0.25, 0.3) is 0 Å². The molecule has 2 atom stereocenters. The molecule has 0 radical (unpaired) electrons. The maximum Gasteiger partial charge on any atom is 0.243 e. The molecule has 5 heteroatoms. The molecule has 1 aromatic rings. The average molecular weight is 304 g/mol. The molecule has 0 bridgehead atoms. The summed E-state index contributed by atoms with van der Waals surface area (Å²) in [6.07, 6.45) is 2.53. The SMILES string of the molecule is CCC(CO)NC(=O)C1CCCN1C(=O)Cc1ccccc1. The third-order valence-corrected chi connectivity index (χ3v) is 4.13. The fourth-order valence-electron chi connectivity index (χ4n) is 2.78. The van der Waals surface area contributed by atoms with Gasteiger partial charge in [-0.3, -0.25) is 9.59 Å². The Morgan fingerprint density at radius 3 is 2.73 bits per heavy atom. The summed E-state index contributed by atoms with van der Waals surface area (Å²) in [5, 5.41) is 12.0. The Hall–Kier alpha value is -1.88. The number of amides is 2. The molecule has 0 saturated carbocycles. The van der Waals surface area contributed by atoms with Gasteiger partial charge in [-0.2, -0.15) is 0 Å². The summed E-state index contributed by atoms with van der Waals surface area (Å²) < 4.78 is 0. The van der Waals surface area contributed by atoms with E-state index in [4.69, 9.17) is 0 Å². The van der Waals surface area contributed by atoms with Crippen molar-refractivity contribution in [3.05, 3.63) is 35.9 Å². The van der Waals surface area contributed by atoms with E-state index >= 15 is 0 Å². The number of nitrogens with zero attached hydrogens (tertiary/aromatic N) is 1. The van der Waals surface area contributed by atoms with E-state index in [-0.39, 0.29) is 24.5 Å². The van der Waals surface area contributed by atoms with Gasteiger partial charge in [0.1, 0.15) is 6.04 Å².